The van der Waals surface area contributed by atoms with Crippen LogP contribution in [-0.2, 0) is 17.9 Å². The molecule has 2 aliphatic heterocycles. The number of rotatable bonds is 13. The number of amides is 5. The maximum Gasteiger partial charge on any atom is 0.471 e. The number of carbonyl (C=O) groups excluding carboxylic acids is 5. The van der Waals surface area contributed by atoms with Gasteiger partial charge in [-0.2, -0.15) is 13.2 Å². The predicted octanol–water partition coefficient (Wildman–Crippen LogP) is 8.11. The number of nitrogens with two attached hydrogens (primary N) is 1. The summed E-state index contributed by atoms with van der Waals surface area (Å²) in [6.07, 6.45) is -5.13. The van der Waals surface area contributed by atoms with Gasteiger partial charge in [-0.05, 0) is 74.5 Å². The fourth-order valence-electron chi connectivity index (χ4n) is 7.41. The molecular formula is C48H55Cl2F5N8O5. The summed E-state index contributed by atoms with van der Waals surface area (Å²) in [6.45, 7) is 13.6. The second-order valence-corrected chi connectivity index (χ2v) is 17.1. The predicted molar refractivity (Wildman–Crippen MR) is 252 cm³/mol. The van der Waals surface area contributed by atoms with Crippen LogP contribution in [0.2, 0.25) is 10.0 Å². The van der Waals surface area contributed by atoms with Crippen molar-refractivity contribution in [2.45, 2.75) is 47.0 Å². The number of Topliss-reactive ketones (excluding diaryl/α,β-unsaturated/α-hetero) is 2. The number of benzene rings is 4. The van der Waals surface area contributed by atoms with Crippen molar-refractivity contribution >= 4 is 64.1 Å². The Labute approximate surface area is 402 Å². The van der Waals surface area contributed by atoms with Crippen molar-refractivity contribution in [1.82, 2.24) is 24.9 Å². The molecule has 4 aromatic rings. The fourth-order valence-corrected chi connectivity index (χ4v) is 7.76. The van der Waals surface area contributed by atoms with Gasteiger partial charge in [0.25, 0.3) is 0 Å². The Hall–Kier alpha value is -5.66. The Balaban J connectivity index is 0.000000258. The fraction of sp³-hybridized carbons (Fsp3) is 0.396. The van der Waals surface area contributed by atoms with E-state index in [0.717, 1.165) is 43.4 Å². The molecule has 366 valence electrons. The topological polar surface area (TPSA) is 143 Å². The van der Waals surface area contributed by atoms with Crippen LogP contribution in [0.15, 0.2) is 72.8 Å². The van der Waals surface area contributed by atoms with Crippen LogP contribution >= 0.6 is 23.2 Å². The zero-order chi connectivity index (χ0) is 49.9. The highest BCUT2D eigenvalue weighted by atomic mass is 35.5. The van der Waals surface area contributed by atoms with E-state index in [0.29, 0.717) is 66.3 Å². The monoisotopic (exact) mass is 988 g/mol. The molecule has 0 radical (unpaired) electrons. The third-order valence-electron chi connectivity index (χ3n) is 11.8. The third kappa shape index (κ3) is 14.0. The van der Waals surface area contributed by atoms with E-state index in [9.17, 15) is 41.5 Å². The van der Waals surface area contributed by atoms with E-state index in [-0.39, 0.29) is 54.2 Å². The first-order valence-electron chi connectivity index (χ1n) is 22.0. The number of piperazine rings is 2. The Morgan fingerprint density at radius 2 is 1.01 bits per heavy atom. The van der Waals surface area contributed by atoms with Crippen LogP contribution < -0.4 is 20.9 Å². The molecule has 0 aliphatic carbocycles. The molecule has 2 fully saturated rings. The molecule has 20 heteroatoms. The van der Waals surface area contributed by atoms with Gasteiger partial charge in [-0.15, -0.1) is 0 Å². The van der Waals surface area contributed by atoms with Crippen molar-refractivity contribution in [3.8, 4) is 0 Å². The zero-order valence-electron chi connectivity index (χ0n) is 38.3. The van der Waals surface area contributed by atoms with Gasteiger partial charge in [0.2, 0.25) is 0 Å². The van der Waals surface area contributed by atoms with Crippen LogP contribution in [-0.4, -0.2) is 134 Å². The van der Waals surface area contributed by atoms with Crippen LogP contribution in [0, 0.1) is 25.5 Å². The summed E-state index contributed by atoms with van der Waals surface area (Å²) in [5, 5.41) is 2.44. The first kappa shape index (κ1) is 53.3. The first-order chi connectivity index (χ1) is 32.2. The quantitative estimate of drug-likeness (QED) is 0.101. The smallest absolute Gasteiger partial charge is 0.341 e. The summed E-state index contributed by atoms with van der Waals surface area (Å²) in [4.78, 5) is 72.7. The molecule has 0 aromatic heterocycles. The van der Waals surface area contributed by atoms with Gasteiger partial charge in [0.1, 0.15) is 11.6 Å². The first-order valence-corrected chi connectivity index (χ1v) is 22.8. The Morgan fingerprint density at radius 1 is 0.618 bits per heavy atom. The van der Waals surface area contributed by atoms with Crippen molar-refractivity contribution < 1.29 is 45.9 Å². The number of carbonyl (C=O) groups is 5. The molecule has 2 aliphatic rings. The molecule has 0 unspecified atom stereocenters. The van der Waals surface area contributed by atoms with Gasteiger partial charge in [0, 0.05) is 96.0 Å². The lowest BCUT2D eigenvalue weighted by molar-refractivity contribution is -0.173. The largest absolute Gasteiger partial charge is 0.471 e. The van der Waals surface area contributed by atoms with Crippen molar-refractivity contribution in [2.75, 3.05) is 88.3 Å². The summed E-state index contributed by atoms with van der Waals surface area (Å²) in [5.41, 5.74) is 8.54. The number of nitrogens with one attached hydrogen (secondary N) is 1. The Bertz CT molecular complexity index is 2460. The van der Waals surface area contributed by atoms with Gasteiger partial charge in [0.05, 0.1) is 26.2 Å². The number of urea groups is 2. The summed E-state index contributed by atoms with van der Waals surface area (Å²) < 4.78 is 66.8. The van der Waals surface area contributed by atoms with Crippen LogP contribution in [0.1, 0.15) is 56.8 Å². The van der Waals surface area contributed by atoms with Crippen LogP contribution in [0.3, 0.4) is 0 Å². The van der Waals surface area contributed by atoms with Crippen LogP contribution in [0.4, 0.5) is 42.9 Å². The van der Waals surface area contributed by atoms with Crippen molar-refractivity contribution in [3.63, 3.8) is 0 Å². The molecule has 68 heavy (non-hydrogen) atoms. The molecule has 13 nitrogen and oxygen atoms in total. The molecule has 4 aromatic carbocycles. The number of hydrogen-bond donors (Lipinski definition) is 2. The van der Waals surface area contributed by atoms with E-state index < -0.39 is 36.0 Å². The second kappa shape index (κ2) is 24.1. The van der Waals surface area contributed by atoms with Gasteiger partial charge in [0.15, 0.2) is 11.6 Å². The van der Waals surface area contributed by atoms with Gasteiger partial charge in [-0.1, -0.05) is 73.4 Å². The molecule has 0 saturated carbocycles. The maximum atomic E-state index is 15.0. The lowest BCUT2D eigenvalue weighted by atomic mass is 10.1. The molecule has 3 N–H and O–H groups in total. The molecular weight excluding hydrogens is 934 g/mol. The molecule has 0 atom stereocenters. The average molecular weight is 990 g/mol. The van der Waals surface area contributed by atoms with Crippen molar-refractivity contribution in [1.29, 1.82) is 0 Å². The number of aryl methyl sites for hydroxylation is 2. The van der Waals surface area contributed by atoms with Gasteiger partial charge in [-0.3, -0.25) is 24.2 Å². The van der Waals surface area contributed by atoms with Crippen LogP contribution in [0.25, 0.3) is 0 Å². The highest BCUT2D eigenvalue weighted by molar-refractivity contribution is 6.32. The highest BCUT2D eigenvalue weighted by Crippen LogP contribution is 2.29. The second-order valence-electron chi connectivity index (χ2n) is 16.3. The van der Waals surface area contributed by atoms with E-state index in [1.165, 1.54) is 39.4 Å². The zero-order valence-corrected chi connectivity index (χ0v) is 39.8. The molecule has 6 rings (SSSR count). The standard InChI is InChI=1S/C25H27ClF4N4O3.C23H28ClFN4O2/c1-3-32-8-10-33(11-9-32)24(37)34(19-7-4-16(2)20(26)13-19)15-18-6-5-17(12-21(18)27)22(35)14-31-23(36)25(28,29)30;1-3-27-8-10-28(11-9-27)23(31)29(19-7-4-16(2)20(24)13-19)15-18-6-5-17(12-21(18)25)22(30)14-26/h4-7,12-13H,3,8-11,14-15H2,1-2H3,(H,31,36);4-7,12-13H,3,8-11,14-15,26H2,1-2H3. The van der Waals surface area contributed by atoms with Crippen molar-refractivity contribution in [3.05, 3.63) is 128 Å². The van der Waals surface area contributed by atoms with Crippen LogP contribution in [0.5, 0.6) is 0 Å². The Kier molecular flexibility index (Phi) is 18.9. The number of halogens is 7. The van der Waals surface area contributed by atoms with Crippen molar-refractivity contribution in [2.24, 2.45) is 5.73 Å². The van der Waals surface area contributed by atoms with E-state index in [4.69, 9.17) is 28.9 Å². The number of nitrogens with zero attached hydrogens (tertiary/aromatic N) is 6. The Morgan fingerprint density at radius 3 is 1.35 bits per heavy atom. The average Bonchev–Trinajstić information content (AvgIpc) is 3.33. The van der Waals surface area contributed by atoms with E-state index in [2.05, 4.69) is 16.7 Å². The number of alkyl halides is 3. The summed E-state index contributed by atoms with van der Waals surface area (Å²) in [6, 6.07) is 17.6. The summed E-state index contributed by atoms with van der Waals surface area (Å²) in [5.74, 6) is -4.86. The molecule has 2 saturated heterocycles. The number of ketones is 2. The normalized spacial score (nSPS) is 14.5. The summed E-state index contributed by atoms with van der Waals surface area (Å²) >= 11 is 12.6. The minimum Gasteiger partial charge on any atom is -0.341 e. The van der Waals surface area contributed by atoms with Gasteiger partial charge < -0.3 is 30.7 Å². The van der Waals surface area contributed by atoms with E-state index in [1.54, 1.807) is 40.1 Å². The summed E-state index contributed by atoms with van der Waals surface area (Å²) in [7, 11) is 0. The molecule has 2 heterocycles. The number of hydrogen-bond acceptors (Lipinski definition) is 8. The van der Waals surface area contributed by atoms with E-state index in [1.807, 2.05) is 32.9 Å². The molecule has 0 spiro atoms. The third-order valence-corrected chi connectivity index (χ3v) is 12.6. The van der Waals surface area contributed by atoms with Gasteiger partial charge in [-0.25, -0.2) is 18.4 Å². The lowest BCUT2D eigenvalue weighted by Gasteiger charge is -2.37. The lowest BCUT2D eigenvalue weighted by Crippen LogP contribution is -2.52. The van der Waals surface area contributed by atoms with E-state index >= 15 is 4.39 Å². The molecule has 5 amide bonds. The number of likely N-dealkylation sites (N-methyl/N-ethyl adjacent to an activating group) is 2. The minimum absolute atomic E-state index is 0.0230. The minimum atomic E-state index is -5.13. The van der Waals surface area contributed by atoms with Gasteiger partial charge >= 0.3 is 24.1 Å². The molecule has 0 bridgehead atoms. The maximum absolute atomic E-state index is 15.0. The number of anilines is 2. The highest BCUT2D eigenvalue weighted by Gasteiger charge is 2.38. The SMILES string of the molecule is CCN1CCN(C(=O)N(Cc2ccc(C(=O)CN)cc2F)c2ccc(C)c(Cl)c2)CC1.CCN1CCN(C(=O)N(Cc2ccc(C(=O)CNC(=O)C(F)(F)F)cc2F)c2ccc(C)c(Cl)c2)CC1.